The summed E-state index contributed by atoms with van der Waals surface area (Å²) >= 11 is 0. The maximum atomic E-state index is 6.21. The van der Waals surface area contributed by atoms with E-state index in [2.05, 4.69) is 64.1 Å². The molecular formula is C25H27N3O2. The van der Waals surface area contributed by atoms with E-state index in [1.54, 1.807) is 13.4 Å². The topological polar surface area (TPSA) is 52.1 Å². The Bertz CT molecular complexity index is 1150. The molecule has 2 heterocycles. The molecule has 0 bridgehead atoms. The number of fused-ring (bicyclic) bond motifs is 1. The van der Waals surface area contributed by atoms with Gasteiger partial charge in [0.05, 0.1) is 42.5 Å². The maximum Gasteiger partial charge on any atom is 0.140 e. The van der Waals surface area contributed by atoms with Crippen LogP contribution in [0.5, 0.6) is 11.5 Å². The van der Waals surface area contributed by atoms with Gasteiger partial charge in [-0.05, 0) is 80.6 Å². The van der Waals surface area contributed by atoms with E-state index in [-0.39, 0.29) is 0 Å². The number of methoxy groups -OCH3 is 1. The molecule has 1 N–H and O–H groups in total. The molecule has 30 heavy (non-hydrogen) atoms. The largest absolute Gasteiger partial charge is 0.495 e. The normalized spacial score (nSPS) is 14.9. The standard InChI is InChI=1S/C25H27N3O2/c1-17-24(29-2)15-28(19-10-13-22-23(14-19)27-16-26-22)25(17)18-8-11-21(12-9-18)30-20-6-4-3-5-7-20/h8-16,20H,3-7H2,1-2H3,(H,26,27). The van der Waals surface area contributed by atoms with Crippen molar-refractivity contribution in [1.82, 2.24) is 14.5 Å². The molecule has 0 amide bonds. The molecule has 5 rings (SSSR count). The highest BCUT2D eigenvalue weighted by Gasteiger charge is 2.18. The Balaban J connectivity index is 1.50. The lowest BCUT2D eigenvalue weighted by Gasteiger charge is -2.23. The molecular weight excluding hydrogens is 374 g/mol. The fraction of sp³-hybridized carbons (Fsp3) is 0.320. The summed E-state index contributed by atoms with van der Waals surface area (Å²) in [7, 11) is 1.72. The van der Waals surface area contributed by atoms with Gasteiger partial charge < -0.3 is 19.0 Å². The van der Waals surface area contributed by atoms with Gasteiger partial charge in [0.25, 0.3) is 0 Å². The summed E-state index contributed by atoms with van der Waals surface area (Å²) < 4.78 is 14.0. The van der Waals surface area contributed by atoms with E-state index in [1.807, 2.05) is 6.07 Å². The van der Waals surface area contributed by atoms with Gasteiger partial charge in [-0.2, -0.15) is 0 Å². The molecule has 2 aromatic heterocycles. The summed E-state index contributed by atoms with van der Waals surface area (Å²) in [6, 6.07) is 14.7. The third-order valence-electron chi connectivity index (χ3n) is 6.10. The molecule has 2 aromatic carbocycles. The highest BCUT2D eigenvalue weighted by molar-refractivity contribution is 5.78. The molecule has 5 nitrogen and oxygen atoms in total. The first kappa shape index (κ1) is 18.8. The van der Waals surface area contributed by atoms with Crippen molar-refractivity contribution in [2.24, 2.45) is 0 Å². The lowest BCUT2D eigenvalue weighted by molar-refractivity contribution is 0.155. The molecule has 1 saturated carbocycles. The molecule has 1 aliphatic rings. The van der Waals surface area contributed by atoms with Gasteiger partial charge in [-0.25, -0.2) is 4.98 Å². The zero-order valence-electron chi connectivity index (χ0n) is 17.5. The van der Waals surface area contributed by atoms with Crippen LogP contribution in [0, 0.1) is 6.92 Å². The number of rotatable bonds is 5. The van der Waals surface area contributed by atoms with Crippen LogP contribution in [-0.2, 0) is 0 Å². The Morgan fingerprint density at radius 3 is 2.60 bits per heavy atom. The number of H-pyrrole nitrogens is 1. The number of nitrogens with one attached hydrogen (secondary N) is 1. The van der Waals surface area contributed by atoms with Crippen molar-refractivity contribution in [3.8, 4) is 28.4 Å². The lowest BCUT2D eigenvalue weighted by Crippen LogP contribution is -2.19. The minimum atomic E-state index is 0.358. The van der Waals surface area contributed by atoms with Gasteiger partial charge >= 0.3 is 0 Å². The van der Waals surface area contributed by atoms with Gasteiger partial charge in [-0.15, -0.1) is 0 Å². The highest BCUT2D eigenvalue weighted by Crippen LogP contribution is 2.36. The van der Waals surface area contributed by atoms with Crippen LogP contribution in [0.1, 0.15) is 37.7 Å². The van der Waals surface area contributed by atoms with Gasteiger partial charge in [-0.1, -0.05) is 6.42 Å². The van der Waals surface area contributed by atoms with Crippen molar-refractivity contribution < 1.29 is 9.47 Å². The van der Waals surface area contributed by atoms with Crippen molar-refractivity contribution in [2.75, 3.05) is 7.11 Å². The van der Waals surface area contributed by atoms with Gasteiger partial charge in [0.2, 0.25) is 0 Å². The van der Waals surface area contributed by atoms with E-state index in [4.69, 9.17) is 9.47 Å². The second-order valence-corrected chi connectivity index (χ2v) is 8.05. The maximum absolute atomic E-state index is 6.21. The average molecular weight is 402 g/mol. The van der Waals surface area contributed by atoms with Crippen LogP contribution in [0.3, 0.4) is 0 Å². The number of aromatic nitrogens is 3. The Hall–Kier alpha value is -3.21. The molecule has 0 spiro atoms. The van der Waals surface area contributed by atoms with Crippen LogP contribution >= 0.6 is 0 Å². The van der Waals surface area contributed by atoms with Crippen molar-refractivity contribution in [3.05, 3.63) is 60.6 Å². The summed E-state index contributed by atoms with van der Waals surface area (Å²) in [5.41, 5.74) is 6.41. The predicted molar refractivity (Wildman–Crippen MR) is 120 cm³/mol. The first-order chi connectivity index (χ1) is 14.7. The molecule has 1 aliphatic carbocycles. The molecule has 0 unspecified atom stereocenters. The van der Waals surface area contributed by atoms with Crippen molar-refractivity contribution in [2.45, 2.75) is 45.1 Å². The zero-order chi connectivity index (χ0) is 20.5. The van der Waals surface area contributed by atoms with E-state index in [9.17, 15) is 0 Å². The van der Waals surface area contributed by atoms with Crippen LogP contribution in [0.15, 0.2) is 55.0 Å². The first-order valence-corrected chi connectivity index (χ1v) is 10.7. The quantitative estimate of drug-likeness (QED) is 0.443. The molecule has 5 heteroatoms. The number of aromatic amines is 1. The number of ether oxygens (including phenoxy) is 2. The predicted octanol–water partition coefficient (Wildman–Crippen LogP) is 6.05. The SMILES string of the molecule is COc1cn(-c2ccc3nc[nH]c3c2)c(-c2ccc(OC3CCCCC3)cc2)c1C. The van der Waals surface area contributed by atoms with E-state index >= 15 is 0 Å². The fourth-order valence-corrected chi connectivity index (χ4v) is 4.48. The van der Waals surface area contributed by atoms with Crippen LogP contribution in [0.25, 0.3) is 28.0 Å². The van der Waals surface area contributed by atoms with Gasteiger partial charge in [-0.3, -0.25) is 0 Å². The van der Waals surface area contributed by atoms with Crippen LogP contribution < -0.4 is 9.47 Å². The van der Waals surface area contributed by atoms with Crippen molar-refractivity contribution >= 4 is 11.0 Å². The Morgan fingerprint density at radius 1 is 1.03 bits per heavy atom. The molecule has 0 aliphatic heterocycles. The number of hydrogen-bond acceptors (Lipinski definition) is 3. The number of imidazole rings is 1. The molecule has 0 atom stereocenters. The molecule has 154 valence electrons. The second-order valence-electron chi connectivity index (χ2n) is 8.05. The van der Waals surface area contributed by atoms with Gasteiger partial charge in [0.1, 0.15) is 11.5 Å². The van der Waals surface area contributed by atoms with Gasteiger partial charge in [0.15, 0.2) is 0 Å². The Labute approximate surface area is 176 Å². The fourth-order valence-electron chi connectivity index (χ4n) is 4.48. The summed E-state index contributed by atoms with van der Waals surface area (Å²) in [6.45, 7) is 2.10. The summed E-state index contributed by atoms with van der Waals surface area (Å²) in [5, 5.41) is 0. The number of benzene rings is 2. The monoisotopic (exact) mass is 401 g/mol. The molecule has 4 aromatic rings. The molecule has 1 fully saturated rings. The van der Waals surface area contributed by atoms with Crippen LogP contribution in [0.4, 0.5) is 0 Å². The van der Waals surface area contributed by atoms with Crippen LogP contribution in [-0.4, -0.2) is 27.7 Å². The Kier molecular flexibility index (Phi) is 4.95. The number of hydrogen-bond donors (Lipinski definition) is 1. The van der Waals surface area contributed by atoms with Crippen molar-refractivity contribution in [3.63, 3.8) is 0 Å². The Morgan fingerprint density at radius 2 is 1.83 bits per heavy atom. The van der Waals surface area contributed by atoms with E-state index in [0.29, 0.717) is 6.10 Å². The number of nitrogens with zero attached hydrogens (tertiary/aromatic N) is 2. The lowest BCUT2D eigenvalue weighted by atomic mass is 9.98. The summed E-state index contributed by atoms with van der Waals surface area (Å²) in [6.07, 6.45) is 10.3. The third kappa shape index (κ3) is 3.45. The third-order valence-corrected chi connectivity index (χ3v) is 6.10. The van der Waals surface area contributed by atoms with E-state index < -0.39 is 0 Å². The van der Waals surface area contributed by atoms with Crippen LogP contribution in [0.2, 0.25) is 0 Å². The minimum absolute atomic E-state index is 0.358. The van der Waals surface area contributed by atoms with Crippen molar-refractivity contribution in [1.29, 1.82) is 0 Å². The van der Waals surface area contributed by atoms with E-state index in [1.165, 1.54) is 19.3 Å². The second kappa shape index (κ2) is 7.90. The minimum Gasteiger partial charge on any atom is -0.495 e. The molecule has 0 saturated heterocycles. The molecule has 0 radical (unpaired) electrons. The average Bonchev–Trinajstić information content (AvgIpc) is 3.38. The van der Waals surface area contributed by atoms with E-state index in [0.717, 1.165) is 57.9 Å². The zero-order valence-corrected chi connectivity index (χ0v) is 17.5. The summed E-state index contributed by atoms with van der Waals surface area (Å²) in [4.78, 5) is 7.53. The summed E-state index contributed by atoms with van der Waals surface area (Å²) in [5.74, 6) is 1.82. The highest BCUT2D eigenvalue weighted by atomic mass is 16.5. The van der Waals surface area contributed by atoms with Gasteiger partial charge in [0, 0.05) is 11.3 Å². The smallest absolute Gasteiger partial charge is 0.140 e. The first-order valence-electron chi connectivity index (χ1n) is 10.7.